The summed E-state index contributed by atoms with van der Waals surface area (Å²) in [6.07, 6.45) is 4.65. The second kappa shape index (κ2) is 7.50. The number of aromatic nitrogens is 2. The third-order valence-corrected chi connectivity index (χ3v) is 3.79. The Hall–Kier alpha value is -0.920. The van der Waals surface area contributed by atoms with E-state index in [1.807, 2.05) is 20.0 Å². The van der Waals surface area contributed by atoms with Gasteiger partial charge in [-0.05, 0) is 25.5 Å². The topological polar surface area (TPSA) is 76.0 Å². The van der Waals surface area contributed by atoms with Gasteiger partial charge in [0.1, 0.15) is 0 Å². The van der Waals surface area contributed by atoms with Crippen LogP contribution in [-0.2, 0) is 16.6 Å². The standard InChI is InChI=1S/C11H22N4O2S/c1-3-4-12-6-8-18(16,17)14-5-7-15-10-11(2)9-13-15/h9-10,12,14H,3-8H2,1-2H3. The van der Waals surface area contributed by atoms with Crippen molar-refractivity contribution in [2.24, 2.45) is 0 Å². The van der Waals surface area contributed by atoms with Crippen LogP contribution >= 0.6 is 0 Å². The van der Waals surface area contributed by atoms with Gasteiger partial charge in [0, 0.05) is 19.3 Å². The smallest absolute Gasteiger partial charge is 0.212 e. The van der Waals surface area contributed by atoms with Crippen molar-refractivity contribution in [3.8, 4) is 0 Å². The minimum atomic E-state index is -3.18. The number of aryl methyl sites for hydroxylation is 1. The molecule has 0 spiro atoms. The molecular formula is C11H22N4O2S. The average molecular weight is 274 g/mol. The summed E-state index contributed by atoms with van der Waals surface area (Å²) in [7, 11) is -3.18. The molecule has 104 valence electrons. The Morgan fingerprint density at radius 3 is 2.72 bits per heavy atom. The lowest BCUT2D eigenvalue weighted by molar-refractivity contribution is 0.557. The Balaban J connectivity index is 2.20. The van der Waals surface area contributed by atoms with Crippen LogP contribution in [0, 0.1) is 6.92 Å². The molecule has 1 aromatic heterocycles. The maximum Gasteiger partial charge on any atom is 0.212 e. The van der Waals surface area contributed by atoms with Crippen molar-refractivity contribution in [1.29, 1.82) is 0 Å². The molecule has 0 atom stereocenters. The second-order valence-corrected chi connectivity index (χ2v) is 6.17. The number of hydrogen-bond donors (Lipinski definition) is 2. The van der Waals surface area contributed by atoms with Crippen molar-refractivity contribution in [2.45, 2.75) is 26.8 Å². The molecule has 0 aromatic carbocycles. The molecule has 0 aliphatic heterocycles. The van der Waals surface area contributed by atoms with Crippen LogP contribution in [0.4, 0.5) is 0 Å². The summed E-state index contributed by atoms with van der Waals surface area (Å²) in [4.78, 5) is 0. The van der Waals surface area contributed by atoms with Crippen LogP contribution in [-0.4, -0.2) is 43.6 Å². The van der Waals surface area contributed by atoms with Crippen LogP contribution in [0.25, 0.3) is 0 Å². The SMILES string of the molecule is CCCNCCS(=O)(=O)NCCn1cc(C)cn1. The Labute approximate surface area is 109 Å². The molecule has 0 unspecified atom stereocenters. The van der Waals surface area contributed by atoms with Crippen LogP contribution < -0.4 is 10.0 Å². The number of nitrogens with zero attached hydrogens (tertiary/aromatic N) is 2. The van der Waals surface area contributed by atoms with Crippen molar-refractivity contribution in [3.63, 3.8) is 0 Å². The first-order chi connectivity index (χ1) is 8.53. The molecular weight excluding hydrogens is 252 g/mol. The molecule has 0 aliphatic rings. The largest absolute Gasteiger partial charge is 0.316 e. The zero-order valence-corrected chi connectivity index (χ0v) is 11.8. The van der Waals surface area contributed by atoms with Gasteiger partial charge in [0.15, 0.2) is 0 Å². The van der Waals surface area contributed by atoms with Crippen LogP contribution in [0.3, 0.4) is 0 Å². The van der Waals surface area contributed by atoms with Gasteiger partial charge in [0.05, 0.1) is 18.5 Å². The van der Waals surface area contributed by atoms with Gasteiger partial charge in [-0.1, -0.05) is 6.92 Å². The van der Waals surface area contributed by atoms with Crippen molar-refractivity contribution in [2.75, 3.05) is 25.4 Å². The van der Waals surface area contributed by atoms with Crippen LogP contribution in [0.15, 0.2) is 12.4 Å². The van der Waals surface area contributed by atoms with Gasteiger partial charge >= 0.3 is 0 Å². The summed E-state index contributed by atoms with van der Waals surface area (Å²) in [6, 6.07) is 0. The quantitative estimate of drug-likeness (QED) is 0.627. The van der Waals surface area contributed by atoms with Crippen LogP contribution in [0.1, 0.15) is 18.9 Å². The zero-order chi connectivity index (χ0) is 13.4. The van der Waals surface area contributed by atoms with Crippen molar-refractivity contribution >= 4 is 10.0 Å². The van der Waals surface area contributed by atoms with E-state index in [2.05, 4.69) is 15.1 Å². The zero-order valence-electron chi connectivity index (χ0n) is 11.0. The summed E-state index contributed by atoms with van der Waals surface area (Å²) in [5.74, 6) is 0.116. The minimum absolute atomic E-state index is 0.116. The molecule has 0 bridgehead atoms. The van der Waals surface area contributed by atoms with E-state index in [1.54, 1.807) is 10.9 Å². The molecule has 6 nitrogen and oxygen atoms in total. The Morgan fingerprint density at radius 1 is 1.33 bits per heavy atom. The van der Waals surface area contributed by atoms with Gasteiger partial charge in [-0.2, -0.15) is 5.10 Å². The third-order valence-electron chi connectivity index (χ3n) is 2.40. The van der Waals surface area contributed by atoms with Crippen molar-refractivity contribution in [1.82, 2.24) is 19.8 Å². The molecule has 0 aliphatic carbocycles. The van der Waals surface area contributed by atoms with Gasteiger partial charge in [-0.3, -0.25) is 4.68 Å². The summed E-state index contributed by atoms with van der Waals surface area (Å²) in [6.45, 7) is 6.26. The fraction of sp³-hybridized carbons (Fsp3) is 0.727. The Kier molecular flexibility index (Phi) is 6.31. The van der Waals surface area contributed by atoms with E-state index in [0.717, 1.165) is 18.5 Å². The first-order valence-electron chi connectivity index (χ1n) is 6.20. The number of nitrogens with one attached hydrogen (secondary N) is 2. The van der Waals surface area contributed by atoms with Gasteiger partial charge in [0.2, 0.25) is 10.0 Å². The summed E-state index contributed by atoms with van der Waals surface area (Å²) in [5.41, 5.74) is 1.07. The van der Waals surface area contributed by atoms with E-state index in [0.29, 0.717) is 19.6 Å². The molecule has 1 heterocycles. The van der Waals surface area contributed by atoms with E-state index in [1.165, 1.54) is 0 Å². The van der Waals surface area contributed by atoms with E-state index in [9.17, 15) is 8.42 Å². The van der Waals surface area contributed by atoms with Gasteiger partial charge in [-0.25, -0.2) is 13.1 Å². The van der Waals surface area contributed by atoms with E-state index >= 15 is 0 Å². The fourth-order valence-corrected chi connectivity index (χ4v) is 2.45. The highest BCUT2D eigenvalue weighted by atomic mass is 32.2. The highest BCUT2D eigenvalue weighted by Gasteiger charge is 2.08. The van der Waals surface area contributed by atoms with Gasteiger partial charge in [0.25, 0.3) is 0 Å². The maximum absolute atomic E-state index is 11.6. The maximum atomic E-state index is 11.6. The number of rotatable bonds is 9. The van der Waals surface area contributed by atoms with Gasteiger partial charge in [-0.15, -0.1) is 0 Å². The predicted octanol–water partition coefficient (Wildman–Crippen LogP) is 0.111. The molecule has 18 heavy (non-hydrogen) atoms. The molecule has 0 saturated heterocycles. The van der Waals surface area contributed by atoms with Gasteiger partial charge < -0.3 is 5.32 Å². The fourth-order valence-electron chi connectivity index (χ4n) is 1.49. The molecule has 2 N–H and O–H groups in total. The molecule has 1 aromatic rings. The number of hydrogen-bond acceptors (Lipinski definition) is 4. The summed E-state index contributed by atoms with van der Waals surface area (Å²) >= 11 is 0. The van der Waals surface area contributed by atoms with E-state index in [-0.39, 0.29) is 5.75 Å². The Morgan fingerprint density at radius 2 is 2.11 bits per heavy atom. The predicted molar refractivity (Wildman–Crippen MR) is 71.9 cm³/mol. The molecule has 1 rings (SSSR count). The Bertz CT molecular complexity index is 442. The molecule has 0 amide bonds. The highest BCUT2D eigenvalue weighted by Crippen LogP contribution is 1.93. The van der Waals surface area contributed by atoms with E-state index < -0.39 is 10.0 Å². The van der Waals surface area contributed by atoms with Crippen molar-refractivity contribution < 1.29 is 8.42 Å². The average Bonchev–Trinajstić information content (AvgIpc) is 2.70. The molecule has 0 saturated carbocycles. The number of sulfonamides is 1. The summed E-state index contributed by atoms with van der Waals surface area (Å²) in [5, 5.41) is 7.16. The van der Waals surface area contributed by atoms with Crippen molar-refractivity contribution in [3.05, 3.63) is 18.0 Å². The molecule has 7 heteroatoms. The monoisotopic (exact) mass is 274 g/mol. The van der Waals surface area contributed by atoms with E-state index in [4.69, 9.17) is 0 Å². The lowest BCUT2D eigenvalue weighted by atomic mass is 10.4. The lowest BCUT2D eigenvalue weighted by Gasteiger charge is -2.07. The summed E-state index contributed by atoms with van der Waals surface area (Å²) < 4.78 is 27.5. The van der Waals surface area contributed by atoms with Crippen LogP contribution in [0.5, 0.6) is 0 Å². The highest BCUT2D eigenvalue weighted by molar-refractivity contribution is 7.89. The molecule has 0 radical (unpaired) electrons. The third kappa shape index (κ3) is 6.13. The molecule has 0 fully saturated rings. The lowest BCUT2D eigenvalue weighted by Crippen LogP contribution is -2.34. The first-order valence-corrected chi connectivity index (χ1v) is 7.86. The van der Waals surface area contributed by atoms with Crippen LogP contribution in [0.2, 0.25) is 0 Å². The minimum Gasteiger partial charge on any atom is -0.316 e. The first kappa shape index (κ1) is 15.1. The second-order valence-electron chi connectivity index (χ2n) is 4.24. The normalized spacial score (nSPS) is 11.9.